The maximum absolute atomic E-state index is 11.8. The van der Waals surface area contributed by atoms with E-state index in [1.54, 1.807) is 11.4 Å². The molecule has 9 heteroatoms. The third kappa shape index (κ3) is 3.99. The molecule has 1 aromatic rings. The zero-order valence-corrected chi connectivity index (χ0v) is 12.9. The van der Waals surface area contributed by atoms with Crippen LogP contribution in [0.5, 0.6) is 0 Å². The molecule has 0 bridgehead atoms. The first-order valence-electron chi connectivity index (χ1n) is 5.81. The normalized spacial score (nSPS) is 16.9. The van der Waals surface area contributed by atoms with Gasteiger partial charge in [0.1, 0.15) is 4.21 Å². The minimum absolute atomic E-state index is 0.0428. The minimum Gasteiger partial charge on any atom is -0.212 e. The van der Waals surface area contributed by atoms with Gasteiger partial charge in [-0.15, -0.1) is 11.3 Å². The molecule has 0 unspecified atom stereocenters. The molecule has 0 spiro atoms. The highest BCUT2D eigenvalue weighted by Crippen LogP contribution is 2.28. The number of thiophene rings is 1. The first-order valence-corrected chi connectivity index (χ1v) is 10.0. The van der Waals surface area contributed by atoms with Crippen LogP contribution < -0.4 is 4.72 Å². The van der Waals surface area contributed by atoms with E-state index in [4.69, 9.17) is 0 Å². The van der Waals surface area contributed by atoms with E-state index in [9.17, 15) is 16.8 Å². The Bertz CT molecular complexity index is 618. The standard InChI is InChI=1S/C10H16N2O4S3/c1-18(13,14)12(9-4-5-9)7-6-11-19(15,16)10-3-2-8-17-10/h2-3,8-9,11H,4-7H2,1H3. The van der Waals surface area contributed by atoms with Gasteiger partial charge in [-0.2, -0.15) is 4.31 Å². The van der Waals surface area contributed by atoms with Crippen molar-refractivity contribution < 1.29 is 16.8 Å². The summed E-state index contributed by atoms with van der Waals surface area (Å²) in [4.78, 5) is 0. The number of hydrogen-bond donors (Lipinski definition) is 1. The average molecular weight is 324 g/mol. The SMILES string of the molecule is CS(=O)(=O)N(CCNS(=O)(=O)c1cccs1)C1CC1. The largest absolute Gasteiger partial charge is 0.250 e. The molecule has 0 aliphatic heterocycles. The van der Waals surface area contributed by atoms with Crippen LogP contribution in [0.2, 0.25) is 0 Å². The van der Waals surface area contributed by atoms with E-state index >= 15 is 0 Å². The molecule has 0 atom stereocenters. The predicted octanol–water partition coefficient (Wildman–Crippen LogP) is 0.450. The van der Waals surface area contributed by atoms with E-state index < -0.39 is 20.0 Å². The molecule has 0 radical (unpaired) electrons. The van der Waals surface area contributed by atoms with Crippen molar-refractivity contribution >= 4 is 31.4 Å². The van der Waals surface area contributed by atoms with Crippen LogP contribution in [0.3, 0.4) is 0 Å². The van der Waals surface area contributed by atoms with Crippen LogP contribution in [0.4, 0.5) is 0 Å². The highest BCUT2D eigenvalue weighted by molar-refractivity contribution is 7.91. The number of rotatable bonds is 7. The zero-order chi connectivity index (χ0) is 14.1. The number of nitrogens with one attached hydrogen (secondary N) is 1. The molecule has 1 saturated carbocycles. The fraction of sp³-hybridized carbons (Fsp3) is 0.600. The van der Waals surface area contributed by atoms with Gasteiger partial charge in [-0.3, -0.25) is 0 Å². The summed E-state index contributed by atoms with van der Waals surface area (Å²) in [7, 11) is -6.79. The van der Waals surface area contributed by atoms with Crippen LogP contribution >= 0.6 is 11.3 Å². The maximum Gasteiger partial charge on any atom is 0.250 e. The van der Waals surface area contributed by atoms with Gasteiger partial charge < -0.3 is 0 Å². The van der Waals surface area contributed by atoms with Crippen molar-refractivity contribution in [3.63, 3.8) is 0 Å². The molecule has 2 rings (SSSR count). The predicted molar refractivity (Wildman–Crippen MR) is 74.1 cm³/mol. The van der Waals surface area contributed by atoms with Crippen molar-refractivity contribution in [2.24, 2.45) is 0 Å². The number of nitrogens with zero attached hydrogens (tertiary/aromatic N) is 1. The number of hydrogen-bond acceptors (Lipinski definition) is 5. The van der Waals surface area contributed by atoms with Crippen LogP contribution in [0.25, 0.3) is 0 Å². The molecule has 1 fully saturated rings. The van der Waals surface area contributed by atoms with E-state index in [0.29, 0.717) is 0 Å². The van der Waals surface area contributed by atoms with E-state index in [-0.39, 0.29) is 23.3 Å². The molecule has 0 aromatic carbocycles. The van der Waals surface area contributed by atoms with Crippen LogP contribution in [-0.2, 0) is 20.0 Å². The van der Waals surface area contributed by atoms with Gasteiger partial charge in [0.25, 0.3) is 0 Å². The molecule has 19 heavy (non-hydrogen) atoms. The van der Waals surface area contributed by atoms with Gasteiger partial charge in [-0.05, 0) is 24.3 Å². The third-order valence-corrected chi connectivity index (χ3v) is 6.96. The molecule has 1 aliphatic carbocycles. The summed E-state index contributed by atoms with van der Waals surface area (Å²) < 4.78 is 50.8. The first kappa shape index (κ1) is 14.9. The van der Waals surface area contributed by atoms with E-state index in [2.05, 4.69) is 4.72 Å². The Labute approximate surface area is 117 Å². The average Bonchev–Trinajstić information content (AvgIpc) is 2.93. The smallest absolute Gasteiger partial charge is 0.212 e. The Hall–Kier alpha value is -0.480. The van der Waals surface area contributed by atoms with Crippen LogP contribution in [0.1, 0.15) is 12.8 Å². The summed E-state index contributed by atoms with van der Waals surface area (Å²) in [6.07, 6.45) is 2.86. The molecule has 1 aliphatic rings. The monoisotopic (exact) mass is 324 g/mol. The van der Waals surface area contributed by atoms with Crippen molar-refractivity contribution in [1.29, 1.82) is 0 Å². The lowest BCUT2D eigenvalue weighted by Gasteiger charge is -2.19. The second kappa shape index (κ2) is 5.49. The Balaban J connectivity index is 1.93. The van der Waals surface area contributed by atoms with Crippen molar-refractivity contribution in [1.82, 2.24) is 9.03 Å². The first-order chi connectivity index (χ1) is 8.81. The summed E-state index contributed by atoms with van der Waals surface area (Å²) in [6, 6.07) is 3.22. The topological polar surface area (TPSA) is 83.6 Å². The van der Waals surface area contributed by atoms with Gasteiger partial charge in [-0.1, -0.05) is 6.07 Å². The molecule has 0 amide bonds. The Kier molecular flexibility index (Phi) is 4.31. The minimum atomic E-state index is -3.52. The Morgan fingerprint density at radius 3 is 2.53 bits per heavy atom. The number of sulfonamides is 2. The van der Waals surface area contributed by atoms with Crippen molar-refractivity contribution in [2.45, 2.75) is 23.1 Å². The van der Waals surface area contributed by atoms with Crippen LogP contribution in [0, 0.1) is 0 Å². The lowest BCUT2D eigenvalue weighted by molar-refractivity contribution is 0.410. The highest BCUT2D eigenvalue weighted by atomic mass is 32.2. The molecule has 1 heterocycles. The Morgan fingerprint density at radius 1 is 1.37 bits per heavy atom. The van der Waals surface area contributed by atoms with E-state index in [1.807, 2.05) is 0 Å². The molecular formula is C10H16N2O4S3. The van der Waals surface area contributed by atoms with Gasteiger partial charge in [0, 0.05) is 19.1 Å². The lowest BCUT2D eigenvalue weighted by Crippen LogP contribution is -2.39. The summed E-state index contributed by atoms with van der Waals surface area (Å²) >= 11 is 1.13. The van der Waals surface area contributed by atoms with Gasteiger partial charge >= 0.3 is 0 Å². The molecule has 0 saturated heterocycles. The molecule has 1 aromatic heterocycles. The summed E-state index contributed by atoms with van der Waals surface area (Å²) in [5.41, 5.74) is 0. The van der Waals surface area contributed by atoms with Crippen molar-refractivity contribution in [3.8, 4) is 0 Å². The summed E-state index contributed by atoms with van der Waals surface area (Å²) in [5, 5.41) is 1.68. The summed E-state index contributed by atoms with van der Waals surface area (Å²) in [5.74, 6) is 0. The maximum atomic E-state index is 11.8. The van der Waals surface area contributed by atoms with Gasteiger partial charge in [0.05, 0.1) is 6.26 Å². The Morgan fingerprint density at radius 2 is 2.05 bits per heavy atom. The molecule has 6 nitrogen and oxygen atoms in total. The van der Waals surface area contributed by atoms with Crippen molar-refractivity contribution in [2.75, 3.05) is 19.3 Å². The van der Waals surface area contributed by atoms with Gasteiger partial charge in [0.2, 0.25) is 20.0 Å². The quantitative estimate of drug-likeness (QED) is 0.789. The van der Waals surface area contributed by atoms with Crippen LogP contribution in [0.15, 0.2) is 21.7 Å². The zero-order valence-electron chi connectivity index (χ0n) is 10.4. The van der Waals surface area contributed by atoms with E-state index in [1.165, 1.54) is 10.4 Å². The van der Waals surface area contributed by atoms with Crippen LogP contribution in [-0.4, -0.2) is 46.5 Å². The molecule has 1 N–H and O–H groups in total. The van der Waals surface area contributed by atoms with Gasteiger partial charge in [0.15, 0.2) is 0 Å². The summed E-state index contributed by atoms with van der Waals surface area (Å²) in [6.45, 7) is 0.262. The second-order valence-electron chi connectivity index (χ2n) is 4.43. The lowest BCUT2D eigenvalue weighted by atomic mass is 10.6. The second-order valence-corrected chi connectivity index (χ2v) is 9.31. The molecular weight excluding hydrogens is 308 g/mol. The fourth-order valence-electron chi connectivity index (χ4n) is 1.76. The van der Waals surface area contributed by atoms with Gasteiger partial charge in [-0.25, -0.2) is 21.6 Å². The third-order valence-electron chi connectivity index (χ3n) is 2.76. The van der Waals surface area contributed by atoms with Crippen molar-refractivity contribution in [3.05, 3.63) is 17.5 Å². The molecule has 108 valence electrons. The fourth-order valence-corrected chi connectivity index (χ4v) is 4.99. The van der Waals surface area contributed by atoms with E-state index in [0.717, 1.165) is 30.4 Å². The highest BCUT2D eigenvalue weighted by Gasteiger charge is 2.34.